The van der Waals surface area contributed by atoms with Gasteiger partial charge >= 0.3 is 5.97 Å². The van der Waals surface area contributed by atoms with E-state index in [9.17, 15) is 9.18 Å². The maximum absolute atomic E-state index is 15.0. The standard InChI is InChI=1S/C27H21F2N3O2S/c1-34-26(33)17-14-32(15-17)13-16-2-7-20(21(29)12-16)24-30-22-8-9-23(31-25(22)35-24)27(10-11-27)18-3-5-19(28)6-4-18/h2-12,17H,13-15H2,1H3. The number of halogens is 2. The number of methoxy groups -OCH3 is 1. The van der Waals surface area contributed by atoms with E-state index in [0.717, 1.165) is 21.7 Å². The van der Waals surface area contributed by atoms with Crippen LogP contribution in [-0.4, -0.2) is 41.0 Å². The molecule has 0 radical (unpaired) electrons. The Hall–Kier alpha value is -3.49. The fourth-order valence-electron chi connectivity index (χ4n) is 4.59. The zero-order valence-corrected chi connectivity index (χ0v) is 19.7. The summed E-state index contributed by atoms with van der Waals surface area (Å²) in [5, 5.41) is 0.572. The smallest absolute Gasteiger partial charge is 0.311 e. The van der Waals surface area contributed by atoms with Crippen molar-refractivity contribution in [3.05, 3.63) is 95.2 Å². The quantitative estimate of drug-likeness (QED) is 0.279. The zero-order chi connectivity index (χ0) is 24.2. The van der Waals surface area contributed by atoms with Gasteiger partial charge in [0.2, 0.25) is 0 Å². The van der Waals surface area contributed by atoms with Crippen molar-refractivity contribution in [2.45, 2.75) is 12.0 Å². The molecule has 8 heteroatoms. The van der Waals surface area contributed by atoms with Crippen molar-refractivity contribution in [2.75, 3.05) is 20.2 Å². The van der Waals surface area contributed by atoms with Crippen LogP contribution in [-0.2, 0) is 21.5 Å². The first-order chi connectivity index (χ1) is 16.9. The van der Waals surface area contributed by atoms with Crippen LogP contribution in [0.2, 0.25) is 0 Å². The molecule has 1 saturated heterocycles. The number of likely N-dealkylation sites (tertiary alicyclic amines) is 1. The fourth-order valence-corrected chi connectivity index (χ4v) is 5.55. The second-order valence-electron chi connectivity index (χ2n) is 8.98. The van der Waals surface area contributed by atoms with Gasteiger partial charge in [-0.3, -0.25) is 9.69 Å². The van der Waals surface area contributed by atoms with Crippen molar-refractivity contribution in [3.63, 3.8) is 0 Å². The Balaban J connectivity index is 1.22. The summed E-state index contributed by atoms with van der Waals surface area (Å²) < 4.78 is 33.2. The van der Waals surface area contributed by atoms with Crippen molar-refractivity contribution < 1.29 is 18.3 Å². The largest absolute Gasteiger partial charge is 0.469 e. The maximum Gasteiger partial charge on any atom is 0.311 e. The van der Waals surface area contributed by atoms with Crippen LogP contribution in [0.25, 0.3) is 20.9 Å². The summed E-state index contributed by atoms with van der Waals surface area (Å²) in [6.45, 7) is 1.82. The number of aromatic nitrogens is 2. The molecular weight excluding hydrogens is 468 g/mol. The first kappa shape index (κ1) is 22.0. The van der Waals surface area contributed by atoms with Crippen molar-refractivity contribution in [1.82, 2.24) is 14.9 Å². The number of carbonyl (C=O) groups excluding carboxylic acids is 1. The van der Waals surface area contributed by atoms with E-state index in [1.807, 2.05) is 30.4 Å². The normalized spacial score (nSPS) is 16.9. The highest BCUT2D eigenvalue weighted by atomic mass is 32.1. The summed E-state index contributed by atoms with van der Waals surface area (Å²) in [6.07, 6.45) is 4.08. The van der Waals surface area contributed by atoms with Gasteiger partial charge in [0.1, 0.15) is 27.0 Å². The summed E-state index contributed by atoms with van der Waals surface area (Å²) in [6, 6.07) is 15.4. The average Bonchev–Trinajstić information content (AvgIpc) is 3.53. The zero-order valence-electron chi connectivity index (χ0n) is 18.9. The lowest BCUT2D eigenvalue weighted by molar-refractivity contribution is -0.151. The van der Waals surface area contributed by atoms with E-state index in [4.69, 9.17) is 9.72 Å². The number of hydrogen-bond donors (Lipinski definition) is 0. The number of nitrogens with zero attached hydrogens (tertiary/aromatic N) is 3. The van der Waals surface area contributed by atoms with Gasteiger partial charge in [-0.05, 0) is 47.5 Å². The molecule has 0 spiro atoms. The number of carbonyl (C=O) groups is 1. The first-order valence-corrected chi connectivity index (χ1v) is 12.1. The van der Waals surface area contributed by atoms with Crippen LogP contribution in [0.5, 0.6) is 0 Å². The molecule has 3 heterocycles. The van der Waals surface area contributed by atoms with Gasteiger partial charge in [0.05, 0.1) is 24.1 Å². The Morgan fingerprint density at radius 3 is 2.54 bits per heavy atom. The summed E-state index contributed by atoms with van der Waals surface area (Å²) in [7, 11) is 1.39. The summed E-state index contributed by atoms with van der Waals surface area (Å²) >= 11 is 1.35. The molecule has 4 aromatic rings. The number of thiazole rings is 1. The Bertz CT molecular complexity index is 1470. The molecule has 0 bridgehead atoms. The van der Waals surface area contributed by atoms with Crippen LogP contribution in [0.4, 0.5) is 8.78 Å². The van der Waals surface area contributed by atoms with Crippen LogP contribution in [0.1, 0.15) is 16.8 Å². The van der Waals surface area contributed by atoms with Crippen LogP contribution < -0.4 is 0 Å². The van der Waals surface area contributed by atoms with Crippen molar-refractivity contribution in [1.29, 1.82) is 0 Å². The molecule has 0 unspecified atom stereocenters. The van der Waals surface area contributed by atoms with Gasteiger partial charge in [-0.15, -0.1) is 0 Å². The number of ether oxygens (including phenoxy) is 1. The van der Waals surface area contributed by atoms with Gasteiger partial charge < -0.3 is 4.74 Å². The first-order valence-electron chi connectivity index (χ1n) is 11.3. The molecule has 0 atom stereocenters. The van der Waals surface area contributed by atoms with Gasteiger partial charge in [0.15, 0.2) is 0 Å². The molecule has 0 N–H and O–H groups in total. The van der Waals surface area contributed by atoms with Crippen LogP contribution in [0.15, 0.2) is 66.7 Å². The lowest BCUT2D eigenvalue weighted by atomic mass is 9.89. The SMILES string of the molecule is COC(=O)C1CN(Cc2ccc(-c3nc4ccc(C5(c6ccc(F)cc6)C=C5)nc4s3)c(F)c2)C1. The number of esters is 1. The summed E-state index contributed by atoms with van der Waals surface area (Å²) in [5.41, 5.74) is 3.35. The van der Waals surface area contributed by atoms with E-state index in [-0.39, 0.29) is 23.5 Å². The van der Waals surface area contributed by atoms with E-state index < -0.39 is 5.41 Å². The maximum atomic E-state index is 15.0. The monoisotopic (exact) mass is 489 g/mol. The second kappa shape index (κ2) is 8.32. The van der Waals surface area contributed by atoms with Crippen molar-refractivity contribution >= 4 is 27.7 Å². The lowest BCUT2D eigenvalue weighted by Crippen LogP contribution is -2.49. The molecule has 0 amide bonds. The second-order valence-corrected chi connectivity index (χ2v) is 9.95. The number of fused-ring (bicyclic) bond motifs is 1. The van der Waals surface area contributed by atoms with E-state index in [1.165, 1.54) is 36.6 Å². The lowest BCUT2D eigenvalue weighted by Gasteiger charge is -2.37. The molecule has 1 aliphatic heterocycles. The predicted octanol–water partition coefficient (Wildman–Crippen LogP) is 5.10. The molecule has 35 heavy (non-hydrogen) atoms. The van der Waals surface area contributed by atoms with Gasteiger partial charge in [-0.1, -0.05) is 41.7 Å². The molecule has 176 valence electrons. The van der Waals surface area contributed by atoms with Crippen LogP contribution in [0, 0.1) is 17.6 Å². The predicted molar refractivity (Wildman–Crippen MR) is 130 cm³/mol. The molecule has 0 saturated carbocycles. The molecule has 2 aromatic heterocycles. The third-order valence-corrected chi connectivity index (χ3v) is 7.66. The highest BCUT2D eigenvalue weighted by Gasteiger charge is 2.39. The topological polar surface area (TPSA) is 55.3 Å². The number of benzene rings is 2. The Labute approximate surface area is 204 Å². The Morgan fingerprint density at radius 2 is 1.86 bits per heavy atom. The summed E-state index contributed by atoms with van der Waals surface area (Å²) in [5.74, 6) is -0.907. The molecule has 5 nitrogen and oxygen atoms in total. The van der Waals surface area contributed by atoms with E-state index in [1.54, 1.807) is 18.2 Å². The minimum atomic E-state index is -0.428. The molecular formula is C27H21F2N3O2S. The number of pyridine rings is 1. The Kier molecular flexibility index (Phi) is 5.23. The van der Waals surface area contributed by atoms with Gasteiger partial charge in [0.25, 0.3) is 0 Å². The number of allylic oxidation sites excluding steroid dienone is 2. The van der Waals surface area contributed by atoms with Gasteiger partial charge in [0, 0.05) is 25.2 Å². The minimum absolute atomic E-state index is 0.0997. The van der Waals surface area contributed by atoms with Crippen molar-refractivity contribution in [3.8, 4) is 10.6 Å². The molecule has 2 aromatic carbocycles. The molecule has 1 fully saturated rings. The molecule has 1 aliphatic carbocycles. The van der Waals surface area contributed by atoms with Crippen molar-refractivity contribution in [2.24, 2.45) is 5.92 Å². The average molecular weight is 490 g/mol. The third-order valence-electron chi connectivity index (χ3n) is 6.66. The molecule has 6 rings (SSSR count). The third kappa shape index (κ3) is 3.92. The Morgan fingerprint density at radius 1 is 1.09 bits per heavy atom. The summed E-state index contributed by atoms with van der Waals surface area (Å²) in [4.78, 5) is 23.8. The molecule has 2 aliphatic rings. The number of rotatable bonds is 6. The number of hydrogen-bond acceptors (Lipinski definition) is 6. The van der Waals surface area contributed by atoms with E-state index in [2.05, 4.69) is 9.88 Å². The van der Waals surface area contributed by atoms with E-state index in [0.29, 0.717) is 35.7 Å². The van der Waals surface area contributed by atoms with Gasteiger partial charge in [-0.2, -0.15) is 0 Å². The van der Waals surface area contributed by atoms with Crippen LogP contribution in [0.3, 0.4) is 0 Å². The van der Waals surface area contributed by atoms with Crippen LogP contribution >= 0.6 is 11.3 Å². The highest BCUT2D eigenvalue weighted by Crippen LogP contribution is 2.45. The minimum Gasteiger partial charge on any atom is -0.469 e. The van der Waals surface area contributed by atoms with Gasteiger partial charge in [-0.25, -0.2) is 18.7 Å². The fraction of sp³-hybridized carbons (Fsp3) is 0.222. The van der Waals surface area contributed by atoms with E-state index >= 15 is 4.39 Å². The highest BCUT2D eigenvalue weighted by molar-refractivity contribution is 7.21.